The molecule has 3 nitrogen and oxygen atoms in total. The molecule has 0 amide bonds. The van der Waals surface area contributed by atoms with Gasteiger partial charge in [-0.1, -0.05) is 15.9 Å². The van der Waals surface area contributed by atoms with Crippen LogP contribution in [0.25, 0.3) is 10.9 Å². The molecule has 1 atom stereocenters. The van der Waals surface area contributed by atoms with Crippen molar-refractivity contribution in [3.05, 3.63) is 28.9 Å². The van der Waals surface area contributed by atoms with Crippen molar-refractivity contribution >= 4 is 26.8 Å². The van der Waals surface area contributed by atoms with Gasteiger partial charge in [-0.15, -0.1) is 0 Å². The minimum absolute atomic E-state index is 0.403. The van der Waals surface area contributed by atoms with Gasteiger partial charge in [0.1, 0.15) is 0 Å². The zero-order valence-electron chi connectivity index (χ0n) is 8.90. The molecule has 0 bridgehead atoms. The van der Waals surface area contributed by atoms with Crippen LogP contribution >= 0.6 is 15.9 Å². The Morgan fingerprint density at radius 3 is 3.19 bits per heavy atom. The van der Waals surface area contributed by atoms with Crippen LogP contribution in [-0.4, -0.2) is 23.0 Å². The average molecular weight is 281 g/mol. The maximum atomic E-state index is 5.49. The van der Waals surface area contributed by atoms with Gasteiger partial charge in [0.15, 0.2) is 0 Å². The second-order valence-corrected chi connectivity index (χ2v) is 5.10. The van der Waals surface area contributed by atoms with E-state index in [0.717, 1.165) is 36.0 Å². The van der Waals surface area contributed by atoms with E-state index in [9.17, 15) is 0 Å². The Labute approximate surface area is 103 Å². The lowest BCUT2D eigenvalue weighted by Gasteiger charge is -2.22. The lowest BCUT2D eigenvalue weighted by molar-refractivity contribution is 0.0552. The van der Waals surface area contributed by atoms with Crippen molar-refractivity contribution in [1.82, 2.24) is 9.78 Å². The van der Waals surface area contributed by atoms with Crippen LogP contribution < -0.4 is 0 Å². The molecule has 1 aliphatic rings. The summed E-state index contributed by atoms with van der Waals surface area (Å²) in [4.78, 5) is 0. The van der Waals surface area contributed by atoms with Crippen molar-refractivity contribution < 1.29 is 4.74 Å². The third-order valence-corrected chi connectivity index (χ3v) is 3.49. The number of nitrogens with zero attached hydrogens (tertiary/aromatic N) is 2. The summed E-state index contributed by atoms with van der Waals surface area (Å²) in [5.74, 6) is 0. The second kappa shape index (κ2) is 4.18. The van der Waals surface area contributed by atoms with Gasteiger partial charge in [-0.3, -0.25) is 4.68 Å². The van der Waals surface area contributed by atoms with Crippen LogP contribution in [0.3, 0.4) is 0 Å². The van der Waals surface area contributed by atoms with Gasteiger partial charge in [0.25, 0.3) is 0 Å². The first kappa shape index (κ1) is 10.3. The van der Waals surface area contributed by atoms with Crippen LogP contribution in [0, 0.1) is 0 Å². The number of halogens is 1. The number of benzene rings is 1. The maximum Gasteiger partial charge on any atom is 0.0924 e. The quantitative estimate of drug-likeness (QED) is 0.803. The first-order chi connectivity index (χ1) is 7.83. The van der Waals surface area contributed by atoms with E-state index in [1.807, 2.05) is 12.1 Å². The molecule has 3 rings (SSSR count). The number of rotatable bonds is 1. The highest BCUT2D eigenvalue weighted by atomic mass is 79.9. The zero-order valence-corrected chi connectivity index (χ0v) is 10.5. The molecule has 0 radical (unpaired) electrons. The van der Waals surface area contributed by atoms with E-state index in [1.54, 1.807) is 0 Å². The van der Waals surface area contributed by atoms with Crippen LogP contribution in [0.1, 0.15) is 18.9 Å². The molecule has 1 unspecified atom stereocenters. The number of fused-ring (bicyclic) bond motifs is 1. The van der Waals surface area contributed by atoms with Crippen molar-refractivity contribution in [2.24, 2.45) is 0 Å². The van der Waals surface area contributed by atoms with Gasteiger partial charge in [0.2, 0.25) is 0 Å². The summed E-state index contributed by atoms with van der Waals surface area (Å²) in [6.45, 7) is 1.68. The lowest BCUT2D eigenvalue weighted by atomic mass is 10.1. The molecule has 0 N–H and O–H groups in total. The van der Waals surface area contributed by atoms with Crippen LogP contribution in [0.5, 0.6) is 0 Å². The summed E-state index contributed by atoms with van der Waals surface area (Å²) in [6, 6.07) is 6.57. The van der Waals surface area contributed by atoms with Gasteiger partial charge in [0, 0.05) is 22.7 Å². The van der Waals surface area contributed by atoms with Gasteiger partial charge in [-0.2, -0.15) is 5.10 Å². The minimum Gasteiger partial charge on any atom is -0.379 e. The highest BCUT2D eigenvalue weighted by Crippen LogP contribution is 2.23. The Bertz CT molecular complexity index is 503. The summed E-state index contributed by atoms with van der Waals surface area (Å²) >= 11 is 3.48. The molecular weight excluding hydrogens is 268 g/mol. The fraction of sp³-hybridized carbons (Fsp3) is 0.417. The average Bonchev–Trinajstić information content (AvgIpc) is 2.73. The van der Waals surface area contributed by atoms with E-state index in [0.29, 0.717) is 6.04 Å². The molecule has 2 aromatic rings. The first-order valence-electron chi connectivity index (χ1n) is 5.55. The van der Waals surface area contributed by atoms with Gasteiger partial charge >= 0.3 is 0 Å². The van der Waals surface area contributed by atoms with Gasteiger partial charge in [-0.05, 0) is 31.0 Å². The molecule has 1 aromatic heterocycles. The molecular formula is C12H13BrN2O. The predicted molar refractivity (Wildman–Crippen MR) is 66.5 cm³/mol. The van der Waals surface area contributed by atoms with Crippen LogP contribution in [0.4, 0.5) is 0 Å². The van der Waals surface area contributed by atoms with Crippen LogP contribution in [0.15, 0.2) is 28.9 Å². The smallest absolute Gasteiger partial charge is 0.0924 e. The summed E-state index contributed by atoms with van der Waals surface area (Å²) < 4.78 is 8.63. The van der Waals surface area contributed by atoms with Gasteiger partial charge in [0.05, 0.1) is 18.2 Å². The van der Waals surface area contributed by atoms with Crippen molar-refractivity contribution in [1.29, 1.82) is 0 Å². The molecule has 4 heteroatoms. The van der Waals surface area contributed by atoms with Gasteiger partial charge < -0.3 is 4.74 Å². The Morgan fingerprint density at radius 1 is 1.44 bits per heavy atom. The van der Waals surface area contributed by atoms with E-state index >= 15 is 0 Å². The maximum absolute atomic E-state index is 5.49. The van der Waals surface area contributed by atoms with Crippen molar-refractivity contribution in [3.63, 3.8) is 0 Å². The van der Waals surface area contributed by atoms with Crippen molar-refractivity contribution in [2.75, 3.05) is 13.2 Å². The first-order valence-corrected chi connectivity index (χ1v) is 6.34. The Kier molecular flexibility index (Phi) is 2.69. The largest absolute Gasteiger partial charge is 0.379 e. The number of hydrogen-bond donors (Lipinski definition) is 0. The van der Waals surface area contributed by atoms with Crippen molar-refractivity contribution in [2.45, 2.75) is 18.9 Å². The standard InChI is InChI=1S/C12H13BrN2O/c13-10-3-4-12-9(6-10)7-15(14-12)11-2-1-5-16-8-11/h3-4,6-7,11H,1-2,5,8H2. The van der Waals surface area contributed by atoms with Crippen molar-refractivity contribution in [3.8, 4) is 0 Å². The SMILES string of the molecule is Brc1ccc2nn(C3CCCOC3)cc2c1. The third kappa shape index (κ3) is 1.87. The van der Waals surface area contributed by atoms with E-state index in [1.165, 1.54) is 5.39 Å². The molecule has 1 aliphatic heterocycles. The molecule has 1 aromatic carbocycles. The highest BCUT2D eigenvalue weighted by molar-refractivity contribution is 9.10. The molecule has 0 aliphatic carbocycles. The molecule has 1 fully saturated rings. The molecule has 2 heterocycles. The van der Waals surface area contributed by atoms with Crippen LogP contribution in [0.2, 0.25) is 0 Å². The molecule has 84 valence electrons. The van der Waals surface area contributed by atoms with E-state index in [2.05, 4.69) is 38.0 Å². The Balaban J connectivity index is 1.97. The number of ether oxygens (including phenoxy) is 1. The van der Waals surface area contributed by atoms with Crippen LogP contribution in [-0.2, 0) is 4.74 Å². The number of hydrogen-bond acceptors (Lipinski definition) is 2. The predicted octanol–water partition coefficient (Wildman–Crippen LogP) is 3.15. The number of aromatic nitrogens is 2. The fourth-order valence-corrected chi connectivity index (χ4v) is 2.51. The highest BCUT2D eigenvalue weighted by Gasteiger charge is 2.16. The van der Waals surface area contributed by atoms with Gasteiger partial charge in [-0.25, -0.2) is 0 Å². The lowest BCUT2D eigenvalue weighted by Crippen LogP contribution is -2.21. The molecule has 0 saturated carbocycles. The van der Waals surface area contributed by atoms with E-state index in [-0.39, 0.29) is 0 Å². The monoisotopic (exact) mass is 280 g/mol. The molecule has 1 saturated heterocycles. The summed E-state index contributed by atoms with van der Waals surface area (Å²) in [7, 11) is 0. The minimum atomic E-state index is 0.403. The Hall–Kier alpha value is -0.870. The third-order valence-electron chi connectivity index (χ3n) is 2.99. The summed E-state index contributed by atoms with van der Waals surface area (Å²) in [6.07, 6.45) is 4.40. The second-order valence-electron chi connectivity index (χ2n) is 4.18. The zero-order chi connectivity index (χ0) is 11.0. The molecule has 16 heavy (non-hydrogen) atoms. The summed E-state index contributed by atoms with van der Waals surface area (Å²) in [5, 5.41) is 5.77. The Morgan fingerprint density at radius 2 is 2.38 bits per heavy atom. The topological polar surface area (TPSA) is 27.1 Å². The summed E-state index contributed by atoms with van der Waals surface area (Å²) in [5.41, 5.74) is 1.05. The fourth-order valence-electron chi connectivity index (χ4n) is 2.14. The van der Waals surface area contributed by atoms with E-state index in [4.69, 9.17) is 4.74 Å². The molecule has 0 spiro atoms. The van der Waals surface area contributed by atoms with E-state index < -0.39 is 0 Å². The normalized spacial score (nSPS) is 21.4.